The number of ether oxygens (including phenoxy) is 1. The molecule has 176 valence electrons. The molecule has 1 nitrogen and oxygen atoms in total. The van der Waals surface area contributed by atoms with Crippen molar-refractivity contribution >= 4 is 35.4 Å². The largest absolute Gasteiger partial charge is 4.00 e. The number of hydrogen-bond acceptors (Lipinski definition) is 1. The third-order valence-electron chi connectivity index (χ3n) is 6.23. The zero-order valence-electron chi connectivity index (χ0n) is 18.8. The van der Waals surface area contributed by atoms with Crippen molar-refractivity contribution < 1.29 is 55.8 Å². The number of allylic oxidation sites excluding steroid dienone is 2. The molecule has 0 saturated carbocycles. The van der Waals surface area contributed by atoms with E-state index in [1.807, 2.05) is 66.7 Å². The van der Waals surface area contributed by atoms with Crippen molar-refractivity contribution in [2.24, 2.45) is 0 Å². The summed E-state index contributed by atoms with van der Waals surface area (Å²) in [5.41, 5.74) is 6.97. The predicted octanol–water partition coefficient (Wildman–Crippen LogP) is 2.71. The second-order valence-electron chi connectivity index (χ2n) is 8.19. The van der Waals surface area contributed by atoms with E-state index < -0.39 is 0 Å². The van der Waals surface area contributed by atoms with Crippen LogP contribution in [0, 0.1) is 12.2 Å². The van der Waals surface area contributed by atoms with Crippen LogP contribution < -0.4 is 29.6 Å². The summed E-state index contributed by atoms with van der Waals surface area (Å²) in [7, 11) is 0. The van der Waals surface area contributed by atoms with Crippen LogP contribution in [0.2, 0.25) is 10.0 Å². The molecule has 2 heterocycles. The van der Waals surface area contributed by atoms with E-state index >= 15 is 0 Å². The molecule has 4 aliphatic rings. The van der Waals surface area contributed by atoms with E-state index in [0.717, 1.165) is 32.7 Å². The molecule has 0 amide bonds. The maximum absolute atomic E-state index is 6.30. The van der Waals surface area contributed by atoms with Gasteiger partial charge < -0.3 is 29.6 Å². The minimum atomic E-state index is 0. The molecule has 6 heteroatoms. The van der Waals surface area contributed by atoms with E-state index in [1.54, 1.807) is 0 Å². The maximum atomic E-state index is 6.30. The Labute approximate surface area is 253 Å². The van der Waals surface area contributed by atoms with Crippen molar-refractivity contribution in [2.75, 3.05) is 0 Å². The fourth-order valence-electron chi connectivity index (χ4n) is 4.64. The quantitative estimate of drug-likeness (QED) is 0.295. The first-order valence-corrected chi connectivity index (χ1v) is 11.6. The normalized spacial score (nSPS) is 16.5. The van der Waals surface area contributed by atoms with Crippen molar-refractivity contribution in [1.82, 2.24) is 0 Å². The first-order valence-electron chi connectivity index (χ1n) is 10.8. The van der Waals surface area contributed by atoms with Gasteiger partial charge in [0.15, 0.2) is 0 Å². The molecule has 2 unspecified atom stereocenters. The van der Waals surface area contributed by atoms with Crippen LogP contribution in [-0.2, 0) is 26.2 Å². The summed E-state index contributed by atoms with van der Waals surface area (Å²) >= 11 is 12.6. The summed E-state index contributed by atoms with van der Waals surface area (Å²) in [6, 6.07) is 28.3. The monoisotopic (exact) mass is 624 g/mol. The molecule has 2 atom stereocenters. The second kappa shape index (κ2) is 12.2. The fraction of sp³-hybridized carbons (Fsp3) is 0.0667. The minimum absolute atomic E-state index is 0. The molecule has 2 aliphatic carbocycles. The molecule has 4 aromatic rings. The Morgan fingerprint density at radius 2 is 1.25 bits per heavy atom. The van der Waals surface area contributed by atoms with Gasteiger partial charge in [-0.15, -0.1) is 22.8 Å². The Kier molecular flexibility index (Phi) is 9.72. The molecule has 8 rings (SSSR count). The fourth-order valence-corrected chi connectivity index (χ4v) is 5.20. The maximum Gasteiger partial charge on any atom is 4.00 e. The van der Waals surface area contributed by atoms with Gasteiger partial charge >= 0.3 is 26.2 Å². The Morgan fingerprint density at radius 3 is 2.00 bits per heavy atom. The SMILES string of the molecule is Clc1ccc2c3c1C([C-]=C3)c1ccc(cc1)O2.Clc1cccc2c1C(c1ccccc1)[C-]=C2.[Cl-].[Cl-].[Zr+4]. The molecule has 0 radical (unpaired) electrons. The molecule has 0 aromatic heterocycles. The third kappa shape index (κ3) is 5.26. The van der Waals surface area contributed by atoms with Gasteiger partial charge in [-0.25, -0.2) is 12.2 Å². The molecule has 0 fully saturated rings. The van der Waals surface area contributed by atoms with E-state index in [-0.39, 0.29) is 62.9 Å². The summed E-state index contributed by atoms with van der Waals surface area (Å²) in [4.78, 5) is 0. The van der Waals surface area contributed by atoms with Crippen molar-refractivity contribution in [3.05, 3.63) is 141 Å². The van der Waals surface area contributed by atoms with Crippen LogP contribution in [0.1, 0.15) is 45.2 Å². The molecule has 0 spiro atoms. The van der Waals surface area contributed by atoms with Gasteiger partial charge in [-0.1, -0.05) is 94.7 Å². The van der Waals surface area contributed by atoms with Crippen molar-refractivity contribution in [3.63, 3.8) is 0 Å². The minimum Gasteiger partial charge on any atom is -1.00 e. The number of halogens is 4. The summed E-state index contributed by atoms with van der Waals surface area (Å²) in [6.07, 6.45) is 10.7. The molecule has 6 bridgehead atoms. The van der Waals surface area contributed by atoms with E-state index in [9.17, 15) is 0 Å². The van der Waals surface area contributed by atoms with Gasteiger partial charge in [0.25, 0.3) is 0 Å². The smallest absolute Gasteiger partial charge is 1.00 e. The average molecular weight is 628 g/mol. The molecular weight excluding hydrogens is 609 g/mol. The second-order valence-corrected chi connectivity index (χ2v) is 9.00. The van der Waals surface area contributed by atoms with Gasteiger partial charge in [0.05, 0.1) is 5.75 Å². The standard InChI is InChI=1S/C15H8ClO.C15H10Cl.2ClH.Zr/c16-13-7-8-14-12-6-5-11(15(12)13)9-1-3-10(17-14)4-2-9;16-14-8-4-7-12-9-10-13(15(12)14)11-5-2-1-3-6-11;;;/h1-4,6-8,11H;1-9,13H;2*1H;/q2*-1;;;+4/p-2. The molecule has 36 heavy (non-hydrogen) atoms. The zero-order valence-corrected chi connectivity index (χ0v) is 24.3. The summed E-state index contributed by atoms with van der Waals surface area (Å²) in [5, 5.41) is 1.61. The number of fused-ring (bicyclic) bond motifs is 3. The number of benzene rings is 4. The van der Waals surface area contributed by atoms with Crippen LogP contribution in [0.4, 0.5) is 0 Å². The van der Waals surface area contributed by atoms with Gasteiger partial charge in [-0.3, -0.25) is 12.2 Å². The predicted molar refractivity (Wildman–Crippen MR) is 135 cm³/mol. The van der Waals surface area contributed by atoms with Crippen LogP contribution in [0.25, 0.3) is 12.2 Å². The van der Waals surface area contributed by atoms with E-state index in [2.05, 4.69) is 42.5 Å². The number of hydrogen-bond donors (Lipinski definition) is 0. The number of rotatable bonds is 1. The van der Waals surface area contributed by atoms with Crippen molar-refractivity contribution in [2.45, 2.75) is 11.8 Å². The first kappa shape index (κ1) is 28.8. The topological polar surface area (TPSA) is 9.23 Å². The molecular formula is C30H18Cl4OZr. The van der Waals surface area contributed by atoms with E-state index in [0.29, 0.717) is 0 Å². The molecule has 2 aliphatic heterocycles. The van der Waals surface area contributed by atoms with Gasteiger partial charge in [0.2, 0.25) is 0 Å². The first-order chi connectivity index (χ1) is 16.2. The van der Waals surface area contributed by atoms with Crippen LogP contribution >= 0.6 is 23.2 Å². The van der Waals surface area contributed by atoms with E-state index in [4.69, 9.17) is 27.9 Å². The molecule has 0 N–H and O–H groups in total. The summed E-state index contributed by atoms with van der Waals surface area (Å²) < 4.78 is 5.87. The van der Waals surface area contributed by atoms with Gasteiger partial charge in [-0.2, -0.15) is 5.56 Å². The zero-order chi connectivity index (χ0) is 22.4. The van der Waals surface area contributed by atoms with Crippen molar-refractivity contribution in [1.29, 1.82) is 0 Å². The van der Waals surface area contributed by atoms with E-state index in [1.165, 1.54) is 22.3 Å². The average Bonchev–Trinajstić information content (AvgIpc) is 3.50. The summed E-state index contributed by atoms with van der Waals surface area (Å²) in [5.74, 6) is 2.03. The summed E-state index contributed by atoms with van der Waals surface area (Å²) in [6.45, 7) is 0. The molecule has 0 saturated heterocycles. The Bertz CT molecular complexity index is 1420. The van der Waals surface area contributed by atoms with Gasteiger partial charge in [0.1, 0.15) is 5.75 Å². The Morgan fingerprint density at radius 1 is 0.611 bits per heavy atom. The third-order valence-corrected chi connectivity index (χ3v) is 6.89. The van der Waals surface area contributed by atoms with Crippen LogP contribution in [0.5, 0.6) is 11.5 Å². The van der Waals surface area contributed by atoms with Crippen LogP contribution in [0.3, 0.4) is 0 Å². The van der Waals surface area contributed by atoms with Crippen LogP contribution in [-0.4, -0.2) is 0 Å². The molecule has 4 aromatic carbocycles. The van der Waals surface area contributed by atoms with Gasteiger partial charge in [0, 0.05) is 10.0 Å². The Hall–Kier alpha value is -1.80. The van der Waals surface area contributed by atoms with Crippen LogP contribution in [0.15, 0.2) is 84.9 Å². The van der Waals surface area contributed by atoms with Crippen molar-refractivity contribution in [3.8, 4) is 11.5 Å². The van der Waals surface area contributed by atoms with Gasteiger partial charge in [-0.05, 0) is 30.3 Å². The Balaban J connectivity index is 0.000000185.